The average Bonchev–Trinajstić information content (AvgIpc) is 2.32. The Morgan fingerprint density at radius 2 is 2.47 bits per heavy atom. The molecule has 2 rings (SSSR count). The fraction of sp³-hybridized carbons (Fsp3) is 0.455. The van der Waals surface area contributed by atoms with Crippen molar-refractivity contribution in [3.05, 3.63) is 16.7 Å². The van der Waals surface area contributed by atoms with Gasteiger partial charge in [-0.3, -0.25) is 4.79 Å². The number of nitrogens with two attached hydrogens (primary N) is 1. The van der Waals surface area contributed by atoms with E-state index in [1.54, 1.807) is 12.3 Å². The lowest BCUT2D eigenvalue weighted by Gasteiger charge is -2.29. The first kappa shape index (κ1) is 12.3. The molecule has 0 saturated carbocycles. The van der Waals surface area contributed by atoms with Crippen LogP contribution in [0.1, 0.15) is 13.3 Å². The molecule has 0 saturated heterocycles. The van der Waals surface area contributed by atoms with E-state index >= 15 is 0 Å². The molecule has 1 aliphatic rings. The van der Waals surface area contributed by atoms with Crippen LogP contribution in [0.2, 0.25) is 0 Å². The van der Waals surface area contributed by atoms with Crippen molar-refractivity contribution in [2.24, 2.45) is 11.7 Å². The van der Waals surface area contributed by atoms with E-state index < -0.39 is 6.10 Å². The van der Waals surface area contributed by atoms with Crippen LogP contribution in [0.25, 0.3) is 0 Å². The summed E-state index contributed by atoms with van der Waals surface area (Å²) in [6.07, 6.45) is 1.88. The number of rotatable bonds is 3. The van der Waals surface area contributed by atoms with Crippen LogP contribution in [-0.4, -0.2) is 23.5 Å². The van der Waals surface area contributed by atoms with Gasteiger partial charge in [-0.05, 0) is 35.0 Å². The predicted octanol–water partition coefficient (Wildman–Crippen LogP) is 1.53. The number of aromatic nitrogens is 1. The third-order valence-corrected chi connectivity index (χ3v) is 3.26. The van der Waals surface area contributed by atoms with Crippen molar-refractivity contribution in [1.29, 1.82) is 0 Å². The molecular formula is C11H14BrN3O2. The highest BCUT2D eigenvalue weighted by atomic mass is 79.9. The lowest BCUT2D eigenvalue weighted by atomic mass is 9.98. The van der Waals surface area contributed by atoms with Gasteiger partial charge in [0.2, 0.25) is 0 Å². The summed E-state index contributed by atoms with van der Waals surface area (Å²) in [6, 6.07) is 1.79. The van der Waals surface area contributed by atoms with Gasteiger partial charge in [-0.25, -0.2) is 4.98 Å². The van der Waals surface area contributed by atoms with Gasteiger partial charge in [0.05, 0.1) is 0 Å². The second-order valence-electron chi connectivity index (χ2n) is 3.93. The van der Waals surface area contributed by atoms with Crippen LogP contribution in [0.5, 0.6) is 5.75 Å². The molecule has 0 aromatic carbocycles. The van der Waals surface area contributed by atoms with E-state index in [2.05, 4.69) is 26.2 Å². The number of hydrogen-bond acceptors (Lipinski definition) is 4. The van der Waals surface area contributed by atoms with Crippen LogP contribution < -0.4 is 15.8 Å². The van der Waals surface area contributed by atoms with Crippen LogP contribution in [0.4, 0.5) is 5.82 Å². The molecule has 1 amide bonds. The molecule has 17 heavy (non-hydrogen) atoms. The van der Waals surface area contributed by atoms with E-state index in [1.165, 1.54) is 0 Å². The van der Waals surface area contributed by atoms with Crippen LogP contribution in [0.15, 0.2) is 16.7 Å². The molecule has 2 unspecified atom stereocenters. The molecule has 0 fully saturated rings. The molecule has 0 bridgehead atoms. The lowest BCUT2D eigenvalue weighted by Crippen LogP contribution is -2.45. The molecule has 2 atom stereocenters. The van der Waals surface area contributed by atoms with Crippen molar-refractivity contribution in [2.75, 3.05) is 11.9 Å². The molecule has 5 nitrogen and oxygen atoms in total. The molecule has 1 aromatic heterocycles. The molecule has 92 valence electrons. The van der Waals surface area contributed by atoms with Crippen molar-refractivity contribution in [3.8, 4) is 5.75 Å². The number of amides is 1. The molecule has 3 N–H and O–H groups in total. The zero-order chi connectivity index (χ0) is 12.4. The van der Waals surface area contributed by atoms with Crippen LogP contribution in [0.3, 0.4) is 0 Å². The Bertz CT molecular complexity index is 435. The van der Waals surface area contributed by atoms with E-state index in [4.69, 9.17) is 10.5 Å². The Kier molecular flexibility index (Phi) is 3.63. The number of anilines is 1. The van der Waals surface area contributed by atoms with Crippen molar-refractivity contribution in [1.82, 2.24) is 4.98 Å². The zero-order valence-corrected chi connectivity index (χ0v) is 11.0. The highest BCUT2D eigenvalue weighted by Gasteiger charge is 2.33. The Morgan fingerprint density at radius 3 is 3.12 bits per heavy atom. The second-order valence-corrected chi connectivity index (χ2v) is 4.85. The monoisotopic (exact) mass is 299 g/mol. The Labute approximate surface area is 108 Å². The highest BCUT2D eigenvalue weighted by Crippen LogP contribution is 2.32. The first-order valence-corrected chi connectivity index (χ1v) is 6.28. The van der Waals surface area contributed by atoms with Gasteiger partial charge in [0.15, 0.2) is 17.7 Å². The van der Waals surface area contributed by atoms with Gasteiger partial charge < -0.3 is 15.8 Å². The molecule has 2 heterocycles. The average molecular weight is 300 g/mol. The summed E-state index contributed by atoms with van der Waals surface area (Å²) in [6.45, 7) is 2.41. The van der Waals surface area contributed by atoms with Crippen molar-refractivity contribution < 1.29 is 9.53 Å². The Balaban J connectivity index is 2.28. The molecular weight excluding hydrogens is 286 g/mol. The molecule has 6 heteroatoms. The third-order valence-electron chi connectivity index (χ3n) is 2.83. The summed E-state index contributed by atoms with van der Waals surface area (Å²) in [4.78, 5) is 15.9. The van der Waals surface area contributed by atoms with Gasteiger partial charge in [-0.15, -0.1) is 0 Å². The first-order chi connectivity index (χ1) is 8.15. The number of pyridine rings is 1. The summed E-state index contributed by atoms with van der Waals surface area (Å²) >= 11 is 3.32. The van der Waals surface area contributed by atoms with E-state index in [9.17, 15) is 4.79 Å². The fourth-order valence-corrected chi connectivity index (χ4v) is 2.11. The quantitative estimate of drug-likeness (QED) is 0.887. The van der Waals surface area contributed by atoms with Crippen LogP contribution in [-0.2, 0) is 4.79 Å². The maximum Gasteiger partial charge on any atom is 0.267 e. The van der Waals surface area contributed by atoms with Gasteiger partial charge in [-0.2, -0.15) is 0 Å². The number of hydrogen-bond donors (Lipinski definition) is 2. The summed E-state index contributed by atoms with van der Waals surface area (Å²) in [7, 11) is 0. The number of nitrogens with one attached hydrogen (secondary N) is 1. The summed E-state index contributed by atoms with van der Waals surface area (Å²) < 4.78 is 6.50. The first-order valence-electron chi connectivity index (χ1n) is 5.48. The smallest absolute Gasteiger partial charge is 0.267 e. The van der Waals surface area contributed by atoms with Gasteiger partial charge >= 0.3 is 0 Å². The van der Waals surface area contributed by atoms with E-state index in [1.807, 2.05) is 6.92 Å². The largest absolute Gasteiger partial charge is 0.476 e. The fourth-order valence-electron chi connectivity index (χ4n) is 1.80. The Hall–Kier alpha value is -1.14. The number of fused-ring (bicyclic) bond motifs is 1. The molecule has 0 spiro atoms. The summed E-state index contributed by atoms with van der Waals surface area (Å²) in [5, 5.41) is 2.73. The minimum absolute atomic E-state index is 0.0159. The number of carbonyl (C=O) groups is 1. The van der Waals surface area contributed by atoms with Gasteiger partial charge in [-0.1, -0.05) is 6.92 Å². The molecule has 0 radical (unpaired) electrons. The number of carbonyl (C=O) groups excluding carboxylic acids is 1. The van der Waals surface area contributed by atoms with Crippen LogP contribution in [0, 0.1) is 5.92 Å². The molecule has 1 aliphatic heterocycles. The van der Waals surface area contributed by atoms with Gasteiger partial charge in [0, 0.05) is 16.6 Å². The third kappa shape index (κ3) is 2.42. The van der Waals surface area contributed by atoms with Gasteiger partial charge in [0.1, 0.15) is 0 Å². The zero-order valence-electron chi connectivity index (χ0n) is 9.44. The van der Waals surface area contributed by atoms with Crippen molar-refractivity contribution in [3.63, 3.8) is 0 Å². The van der Waals surface area contributed by atoms with Crippen molar-refractivity contribution >= 4 is 27.7 Å². The van der Waals surface area contributed by atoms with E-state index in [-0.39, 0.29) is 11.8 Å². The van der Waals surface area contributed by atoms with Crippen molar-refractivity contribution in [2.45, 2.75) is 19.4 Å². The number of ether oxygens (including phenoxy) is 1. The summed E-state index contributed by atoms with van der Waals surface area (Å²) in [5.41, 5.74) is 5.64. The summed E-state index contributed by atoms with van der Waals surface area (Å²) in [5.74, 6) is 0.879. The highest BCUT2D eigenvalue weighted by molar-refractivity contribution is 9.10. The molecule has 0 aliphatic carbocycles. The SMILES string of the molecule is CCC(CN)C1Oc2cc(Br)cnc2NC1=O. The molecule has 1 aromatic rings. The minimum atomic E-state index is -0.534. The number of nitrogens with zero attached hydrogens (tertiary/aromatic N) is 1. The predicted molar refractivity (Wildman–Crippen MR) is 67.8 cm³/mol. The topological polar surface area (TPSA) is 77.2 Å². The van der Waals surface area contributed by atoms with E-state index in [0.29, 0.717) is 18.1 Å². The Morgan fingerprint density at radius 1 is 1.71 bits per heavy atom. The van der Waals surface area contributed by atoms with Gasteiger partial charge in [0.25, 0.3) is 5.91 Å². The standard InChI is InChI=1S/C11H14BrN3O2/c1-2-6(4-13)9-11(16)15-10-8(17-9)3-7(12)5-14-10/h3,5-6,9H,2,4,13H2,1H3,(H,14,15,16). The normalized spacial score (nSPS) is 20.2. The minimum Gasteiger partial charge on any atom is -0.476 e. The van der Waals surface area contributed by atoms with E-state index in [0.717, 1.165) is 10.9 Å². The number of halogens is 1. The second kappa shape index (κ2) is 5.01. The lowest BCUT2D eigenvalue weighted by molar-refractivity contribution is -0.125. The maximum atomic E-state index is 11.9. The maximum absolute atomic E-state index is 11.9. The van der Waals surface area contributed by atoms with Crippen LogP contribution >= 0.6 is 15.9 Å².